The molecule has 1 atom stereocenters. The first-order valence-electron chi connectivity index (χ1n) is 10.4. The lowest BCUT2D eigenvalue weighted by molar-refractivity contribution is 0.258. The number of allylic oxidation sites excluding steroid dienone is 2. The third-order valence-corrected chi connectivity index (χ3v) is 5.96. The summed E-state index contributed by atoms with van der Waals surface area (Å²) in [5.74, 6) is 1.43. The number of nitrogens with zero attached hydrogens (tertiary/aromatic N) is 3. The van der Waals surface area contributed by atoms with Gasteiger partial charge in [-0.1, -0.05) is 31.0 Å². The molecule has 3 rings (SSSR count). The van der Waals surface area contributed by atoms with Crippen molar-refractivity contribution in [3.63, 3.8) is 0 Å². The van der Waals surface area contributed by atoms with Crippen LogP contribution in [0.25, 0.3) is 0 Å². The Hall–Kier alpha value is -2.11. The van der Waals surface area contributed by atoms with Gasteiger partial charge in [0.05, 0.1) is 12.7 Å². The molecular weight excluding hydrogens is 382 g/mol. The van der Waals surface area contributed by atoms with Crippen molar-refractivity contribution in [2.24, 2.45) is 21.6 Å². The van der Waals surface area contributed by atoms with Gasteiger partial charge < -0.3 is 16.0 Å². The van der Waals surface area contributed by atoms with Gasteiger partial charge in [-0.15, -0.1) is 0 Å². The first-order valence-corrected chi connectivity index (χ1v) is 10.8. The molecule has 0 aromatic heterocycles. The van der Waals surface area contributed by atoms with Crippen LogP contribution in [-0.4, -0.2) is 30.5 Å². The zero-order valence-corrected chi connectivity index (χ0v) is 18.1. The molecule has 1 aromatic rings. The molecule has 1 aliphatic carbocycles. The van der Waals surface area contributed by atoms with E-state index in [2.05, 4.69) is 39.6 Å². The molecule has 1 saturated carbocycles. The van der Waals surface area contributed by atoms with Crippen LogP contribution in [0.4, 0.5) is 5.69 Å². The summed E-state index contributed by atoms with van der Waals surface area (Å²) in [5.41, 5.74) is 9.67. The lowest BCUT2D eigenvalue weighted by Crippen LogP contribution is -2.28. The number of nitrogens with two attached hydrogens (primary N) is 1. The van der Waals surface area contributed by atoms with Crippen LogP contribution in [0.1, 0.15) is 57.1 Å². The van der Waals surface area contributed by atoms with Crippen LogP contribution in [-0.2, 0) is 0 Å². The molecule has 3 N–H and O–H groups in total. The summed E-state index contributed by atoms with van der Waals surface area (Å²) in [6, 6.07) is 6.32. The second kappa shape index (κ2) is 10.1. The molecule has 2 fully saturated rings. The van der Waals surface area contributed by atoms with Crippen molar-refractivity contribution in [1.82, 2.24) is 4.90 Å². The van der Waals surface area contributed by atoms with Gasteiger partial charge in [-0.25, -0.2) is 4.99 Å². The molecule has 0 bridgehead atoms. The highest BCUT2D eigenvalue weighted by molar-refractivity contribution is 6.31. The Morgan fingerprint density at radius 2 is 2.10 bits per heavy atom. The summed E-state index contributed by atoms with van der Waals surface area (Å²) in [6.45, 7) is 11.1. The molecule has 6 heteroatoms. The average Bonchev–Trinajstić information content (AvgIpc) is 3.55. The molecule has 0 amide bonds. The SMILES string of the molecule is C=N/C(=C\C(C)=N/CN)N1CCCCCC1c1cc(NC(=C)C2CC2)ccc1Cl. The van der Waals surface area contributed by atoms with E-state index >= 15 is 0 Å². The number of rotatable bonds is 8. The van der Waals surface area contributed by atoms with Crippen molar-refractivity contribution in [3.05, 3.63) is 53.0 Å². The number of halogens is 1. The van der Waals surface area contributed by atoms with Gasteiger partial charge in [0.2, 0.25) is 0 Å². The number of anilines is 1. The molecule has 0 radical (unpaired) electrons. The number of likely N-dealkylation sites (tertiary alicyclic amines) is 1. The first kappa shape index (κ1) is 21.6. The van der Waals surface area contributed by atoms with Crippen LogP contribution in [0.2, 0.25) is 5.02 Å². The predicted octanol–water partition coefficient (Wildman–Crippen LogP) is 5.51. The van der Waals surface area contributed by atoms with E-state index in [1.54, 1.807) is 0 Å². The van der Waals surface area contributed by atoms with E-state index in [1.165, 1.54) is 19.3 Å². The number of nitrogens with one attached hydrogen (secondary N) is 1. The van der Waals surface area contributed by atoms with Crippen LogP contribution in [0, 0.1) is 5.92 Å². The van der Waals surface area contributed by atoms with Gasteiger partial charge >= 0.3 is 0 Å². The fourth-order valence-corrected chi connectivity index (χ4v) is 4.14. The molecule has 1 heterocycles. The standard InChI is InChI=1S/C23H32ClN5/c1-16(27-15-25)13-23(26-3)29-12-6-4-5-7-22(29)20-14-19(10-11-21(20)24)28-17(2)18-8-9-18/h10-11,13-14,18,22,28H,2-9,12,15,25H2,1H3/b23-13+,27-16-. The van der Waals surface area contributed by atoms with Crippen LogP contribution < -0.4 is 11.1 Å². The summed E-state index contributed by atoms with van der Waals surface area (Å²) in [6.07, 6.45) is 8.91. The van der Waals surface area contributed by atoms with Crippen LogP contribution in [0.5, 0.6) is 0 Å². The molecule has 1 saturated heterocycles. The Morgan fingerprint density at radius 1 is 1.31 bits per heavy atom. The third kappa shape index (κ3) is 5.71. The van der Waals surface area contributed by atoms with Gasteiger partial charge in [-0.05, 0) is 69.0 Å². The van der Waals surface area contributed by atoms with Crippen LogP contribution >= 0.6 is 11.6 Å². The summed E-state index contributed by atoms with van der Waals surface area (Å²) >= 11 is 6.68. The summed E-state index contributed by atoms with van der Waals surface area (Å²) < 4.78 is 0. The van der Waals surface area contributed by atoms with E-state index in [1.807, 2.05) is 25.1 Å². The lowest BCUT2D eigenvalue weighted by Gasteiger charge is -2.33. The minimum absolute atomic E-state index is 0.142. The van der Waals surface area contributed by atoms with E-state index in [4.69, 9.17) is 17.3 Å². The summed E-state index contributed by atoms with van der Waals surface area (Å²) in [4.78, 5) is 10.9. The van der Waals surface area contributed by atoms with Crippen molar-refractivity contribution in [3.8, 4) is 0 Å². The average molecular weight is 414 g/mol. The maximum atomic E-state index is 6.68. The van der Waals surface area contributed by atoms with Gasteiger partial charge in [0.15, 0.2) is 0 Å². The van der Waals surface area contributed by atoms with Gasteiger partial charge in [-0.3, -0.25) is 4.99 Å². The van der Waals surface area contributed by atoms with Crippen molar-refractivity contribution in [2.45, 2.75) is 51.5 Å². The highest BCUT2D eigenvalue weighted by atomic mass is 35.5. The van der Waals surface area contributed by atoms with Gasteiger partial charge in [0, 0.05) is 34.7 Å². The molecule has 1 unspecified atom stereocenters. The minimum Gasteiger partial charge on any atom is -0.359 e. The summed E-state index contributed by atoms with van der Waals surface area (Å²) in [7, 11) is 0. The Bertz CT molecular complexity index is 809. The van der Waals surface area contributed by atoms with Crippen molar-refractivity contribution >= 4 is 29.7 Å². The fourth-order valence-electron chi connectivity index (χ4n) is 3.90. The van der Waals surface area contributed by atoms with E-state index in [0.717, 1.165) is 59.3 Å². The van der Waals surface area contributed by atoms with E-state index in [-0.39, 0.29) is 12.7 Å². The largest absolute Gasteiger partial charge is 0.359 e. The number of hydrogen-bond acceptors (Lipinski definition) is 5. The highest BCUT2D eigenvalue weighted by Crippen LogP contribution is 2.39. The third-order valence-electron chi connectivity index (χ3n) is 5.62. The first-order chi connectivity index (χ1) is 14.0. The Kier molecular flexibility index (Phi) is 7.51. The Morgan fingerprint density at radius 3 is 2.79 bits per heavy atom. The second-order valence-electron chi connectivity index (χ2n) is 7.86. The topological polar surface area (TPSA) is 66.0 Å². The smallest absolute Gasteiger partial charge is 0.130 e. The van der Waals surface area contributed by atoms with E-state index < -0.39 is 0 Å². The monoisotopic (exact) mass is 413 g/mol. The molecular formula is C23H32ClN5. The highest BCUT2D eigenvalue weighted by Gasteiger charge is 2.27. The van der Waals surface area contributed by atoms with E-state index in [0.29, 0.717) is 5.92 Å². The second-order valence-corrected chi connectivity index (χ2v) is 8.27. The Balaban J connectivity index is 1.93. The van der Waals surface area contributed by atoms with E-state index in [9.17, 15) is 0 Å². The van der Waals surface area contributed by atoms with Crippen molar-refractivity contribution in [2.75, 3.05) is 18.5 Å². The predicted molar refractivity (Wildman–Crippen MR) is 125 cm³/mol. The zero-order valence-electron chi connectivity index (χ0n) is 17.3. The summed E-state index contributed by atoms with van der Waals surface area (Å²) in [5, 5.41) is 4.26. The van der Waals surface area contributed by atoms with Crippen molar-refractivity contribution < 1.29 is 0 Å². The molecule has 1 aromatic carbocycles. The maximum Gasteiger partial charge on any atom is 0.130 e. The van der Waals surface area contributed by atoms with Gasteiger partial charge in [-0.2, -0.15) is 0 Å². The molecule has 2 aliphatic rings. The molecule has 5 nitrogen and oxygen atoms in total. The minimum atomic E-state index is 0.142. The molecule has 0 spiro atoms. The van der Waals surface area contributed by atoms with Crippen molar-refractivity contribution in [1.29, 1.82) is 0 Å². The lowest BCUT2D eigenvalue weighted by atomic mass is 9.99. The number of benzene rings is 1. The quantitative estimate of drug-likeness (QED) is 0.552. The zero-order chi connectivity index (χ0) is 20.8. The fraction of sp³-hybridized carbons (Fsp3) is 0.478. The molecule has 156 valence electrons. The molecule has 1 aliphatic heterocycles. The van der Waals surface area contributed by atoms with Crippen LogP contribution in [0.15, 0.2) is 52.4 Å². The van der Waals surface area contributed by atoms with Gasteiger partial charge in [0.1, 0.15) is 5.82 Å². The Labute approximate surface area is 179 Å². The maximum absolute atomic E-state index is 6.68. The molecule has 29 heavy (non-hydrogen) atoms. The number of aliphatic imine (C=N–C) groups is 2. The van der Waals surface area contributed by atoms with Crippen LogP contribution in [0.3, 0.4) is 0 Å². The normalized spacial score (nSPS) is 20.9. The number of hydrogen-bond donors (Lipinski definition) is 2. The van der Waals surface area contributed by atoms with Gasteiger partial charge in [0.25, 0.3) is 0 Å².